The third-order valence-electron chi connectivity index (χ3n) is 4.64. The molecule has 0 fully saturated rings. The van der Waals surface area contributed by atoms with E-state index in [1.54, 1.807) is 36.4 Å². The second kappa shape index (κ2) is 8.57. The molecule has 1 N–H and O–H groups in total. The number of carbonyl (C=O) groups excluding carboxylic acids is 1. The Morgan fingerprint density at radius 2 is 1.67 bits per heavy atom. The van der Waals surface area contributed by atoms with Crippen LogP contribution in [0.25, 0.3) is 0 Å². The molecule has 5 nitrogen and oxygen atoms in total. The molecule has 146 valence electrons. The van der Waals surface area contributed by atoms with Crippen molar-refractivity contribution in [1.82, 2.24) is 5.32 Å². The zero-order chi connectivity index (χ0) is 20.2. The number of rotatable bonds is 7. The first-order valence-corrected chi connectivity index (χ1v) is 10.5. The summed E-state index contributed by atoms with van der Waals surface area (Å²) in [6.45, 7) is 9.41. The second-order valence-corrected chi connectivity index (χ2v) is 9.08. The topological polar surface area (TPSA) is 66.5 Å². The summed E-state index contributed by atoms with van der Waals surface area (Å²) in [4.78, 5) is 12.8. The summed E-state index contributed by atoms with van der Waals surface area (Å²) in [5.74, 6) is -0.0644. The summed E-state index contributed by atoms with van der Waals surface area (Å²) in [5.41, 5.74) is 2.25. The highest BCUT2D eigenvalue weighted by Crippen LogP contribution is 2.27. The number of benzene rings is 2. The number of sulfonamides is 1. The summed E-state index contributed by atoms with van der Waals surface area (Å²) in [6, 6.07) is 13.7. The van der Waals surface area contributed by atoms with E-state index >= 15 is 0 Å². The average Bonchev–Trinajstić information content (AvgIpc) is 2.62. The lowest BCUT2D eigenvalue weighted by Gasteiger charge is -2.27. The van der Waals surface area contributed by atoms with Gasteiger partial charge in [0.15, 0.2) is 0 Å². The van der Waals surface area contributed by atoms with E-state index in [2.05, 4.69) is 5.32 Å². The molecule has 1 amide bonds. The molecule has 0 saturated carbocycles. The molecule has 0 heterocycles. The van der Waals surface area contributed by atoms with Crippen molar-refractivity contribution in [3.8, 4) is 0 Å². The van der Waals surface area contributed by atoms with E-state index in [-0.39, 0.29) is 29.3 Å². The monoisotopic (exact) mass is 388 g/mol. The fourth-order valence-electron chi connectivity index (χ4n) is 2.60. The van der Waals surface area contributed by atoms with Crippen molar-refractivity contribution in [3.63, 3.8) is 0 Å². The van der Waals surface area contributed by atoms with Crippen molar-refractivity contribution < 1.29 is 13.2 Å². The standard InChI is InChI=1S/C21H28N2O3S/c1-15(2)18(5)22-21(24)14-23(20-13-16(3)11-12-17(20)4)27(25,26)19-9-7-6-8-10-19/h6-13,15,18H,14H2,1-5H3,(H,22,24). The molecule has 0 aromatic heterocycles. The maximum atomic E-state index is 13.3. The lowest BCUT2D eigenvalue weighted by atomic mass is 10.1. The Bertz CT molecular complexity index is 893. The van der Waals surface area contributed by atoms with Crippen LogP contribution in [-0.2, 0) is 14.8 Å². The molecule has 6 heteroatoms. The normalized spacial score (nSPS) is 12.7. The van der Waals surface area contributed by atoms with Crippen LogP contribution in [0.4, 0.5) is 5.69 Å². The Kier molecular flexibility index (Phi) is 6.65. The second-order valence-electron chi connectivity index (χ2n) is 7.21. The van der Waals surface area contributed by atoms with Gasteiger partial charge in [-0.3, -0.25) is 9.10 Å². The van der Waals surface area contributed by atoms with Crippen LogP contribution in [0.3, 0.4) is 0 Å². The smallest absolute Gasteiger partial charge is 0.264 e. The van der Waals surface area contributed by atoms with Gasteiger partial charge in [-0.2, -0.15) is 0 Å². The fourth-order valence-corrected chi connectivity index (χ4v) is 4.10. The molecule has 0 saturated heterocycles. The van der Waals surface area contributed by atoms with E-state index in [0.717, 1.165) is 11.1 Å². The third kappa shape index (κ3) is 5.10. The maximum absolute atomic E-state index is 13.3. The molecule has 2 aromatic rings. The van der Waals surface area contributed by atoms with Gasteiger partial charge in [-0.15, -0.1) is 0 Å². The van der Waals surface area contributed by atoms with Gasteiger partial charge >= 0.3 is 0 Å². The molecule has 27 heavy (non-hydrogen) atoms. The van der Waals surface area contributed by atoms with Crippen LogP contribution in [0.15, 0.2) is 53.4 Å². The summed E-state index contributed by atoms with van der Waals surface area (Å²) >= 11 is 0. The van der Waals surface area contributed by atoms with E-state index in [1.807, 2.05) is 46.8 Å². The minimum Gasteiger partial charge on any atom is -0.352 e. The Hall–Kier alpha value is -2.34. The molecule has 0 bridgehead atoms. The number of amides is 1. The van der Waals surface area contributed by atoms with Crippen molar-refractivity contribution in [3.05, 3.63) is 59.7 Å². The highest BCUT2D eigenvalue weighted by molar-refractivity contribution is 7.92. The maximum Gasteiger partial charge on any atom is 0.264 e. The van der Waals surface area contributed by atoms with Crippen LogP contribution >= 0.6 is 0 Å². The van der Waals surface area contributed by atoms with Crippen LogP contribution in [0.2, 0.25) is 0 Å². The summed E-state index contributed by atoms with van der Waals surface area (Å²) in [7, 11) is -3.87. The molecule has 0 radical (unpaired) electrons. The first-order chi connectivity index (χ1) is 12.6. The van der Waals surface area contributed by atoms with Gasteiger partial charge in [-0.25, -0.2) is 8.42 Å². The minimum atomic E-state index is -3.87. The van der Waals surface area contributed by atoms with Crippen molar-refractivity contribution in [1.29, 1.82) is 0 Å². The molecule has 1 unspecified atom stereocenters. The summed E-state index contributed by atoms with van der Waals surface area (Å²) in [5, 5.41) is 2.89. The molecule has 0 spiro atoms. The van der Waals surface area contributed by atoms with Gasteiger partial charge in [0, 0.05) is 6.04 Å². The number of nitrogens with one attached hydrogen (secondary N) is 1. The number of carbonyl (C=O) groups is 1. The van der Waals surface area contributed by atoms with Gasteiger partial charge in [-0.05, 0) is 56.0 Å². The Labute approximate surface area is 162 Å². The lowest BCUT2D eigenvalue weighted by molar-refractivity contribution is -0.120. The van der Waals surface area contributed by atoms with Crippen molar-refractivity contribution in [2.75, 3.05) is 10.8 Å². The summed E-state index contributed by atoms with van der Waals surface area (Å²) < 4.78 is 27.8. The van der Waals surface area contributed by atoms with Crippen LogP contribution < -0.4 is 9.62 Å². The number of aryl methyl sites for hydroxylation is 2. The Balaban J connectivity index is 2.46. The first-order valence-electron chi connectivity index (χ1n) is 9.07. The predicted molar refractivity (Wildman–Crippen MR) is 109 cm³/mol. The van der Waals surface area contributed by atoms with Crippen molar-refractivity contribution in [2.24, 2.45) is 5.92 Å². The lowest BCUT2D eigenvalue weighted by Crippen LogP contribution is -2.45. The van der Waals surface area contributed by atoms with Gasteiger partial charge in [0.1, 0.15) is 6.54 Å². The predicted octanol–water partition coefficient (Wildman–Crippen LogP) is 3.66. The number of hydrogen-bond donors (Lipinski definition) is 1. The summed E-state index contributed by atoms with van der Waals surface area (Å²) in [6.07, 6.45) is 0. The van der Waals surface area contributed by atoms with Gasteiger partial charge in [0.05, 0.1) is 10.6 Å². The highest BCUT2D eigenvalue weighted by Gasteiger charge is 2.28. The third-order valence-corrected chi connectivity index (χ3v) is 6.41. The molecular weight excluding hydrogens is 360 g/mol. The minimum absolute atomic E-state index is 0.0441. The molecule has 2 rings (SSSR count). The number of hydrogen-bond acceptors (Lipinski definition) is 3. The van der Waals surface area contributed by atoms with Gasteiger partial charge in [-0.1, -0.05) is 44.2 Å². The van der Waals surface area contributed by atoms with E-state index in [4.69, 9.17) is 0 Å². The van der Waals surface area contributed by atoms with Crippen LogP contribution in [-0.4, -0.2) is 26.9 Å². The van der Waals surface area contributed by atoms with E-state index in [9.17, 15) is 13.2 Å². The number of anilines is 1. The van der Waals surface area contributed by atoms with Crippen LogP contribution in [0, 0.1) is 19.8 Å². The molecular formula is C21H28N2O3S. The highest BCUT2D eigenvalue weighted by atomic mass is 32.2. The Morgan fingerprint density at radius 1 is 1.04 bits per heavy atom. The quantitative estimate of drug-likeness (QED) is 0.787. The number of nitrogens with zero attached hydrogens (tertiary/aromatic N) is 1. The van der Waals surface area contributed by atoms with Gasteiger partial charge in [0.25, 0.3) is 10.0 Å². The SMILES string of the molecule is Cc1ccc(C)c(N(CC(=O)NC(C)C(C)C)S(=O)(=O)c2ccccc2)c1. The first kappa shape index (κ1) is 21.0. The molecule has 0 aliphatic heterocycles. The fraction of sp³-hybridized carbons (Fsp3) is 0.381. The van der Waals surface area contributed by atoms with E-state index in [0.29, 0.717) is 5.69 Å². The molecule has 0 aliphatic carbocycles. The molecule has 0 aliphatic rings. The molecule has 1 atom stereocenters. The van der Waals surface area contributed by atoms with Crippen molar-refractivity contribution in [2.45, 2.75) is 45.6 Å². The van der Waals surface area contributed by atoms with Crippen molar-refractivity contribution >= 4 is 21.6 Å². The van der Waals surface area contributed by atoms with E-state index in [1.165, 1.54) is 4.31 Å². The molecule has 2 aromatic carbocycles. The largest absolute Gasteiger partial charge is 0.352 e. The van der Waals surface area contributed by atoms with Crippen LogP contribution in [0.1, 0.15) is 31.9 Å². The van der Waals surface area contributed by atoms with Gasteiger partial charge < -0.3 is 5.32 Å². The Morgan fingerprint density at radius 3 is 2.26 bits per heavy atom. The zero-order valence-electron chi connectivity index (χ0n) is 16.6. The van der Waals surface area contributed by atoms with Gasteiger partial charge in [0.2, 0.25) is 5.91 Å². The van der Waals surface area contributed by atoms with Crippen LogP contribution in [0.5, 0.6) is 0 Å². The average molecular weight is 389 g/mol. The zero-order valence-corrected chi connectivity index (χ0v) is 17.4. The van der Waals surface area contributed by atoms with E-state index < -0.39 is 10.0 Å².